The second kappa shape index (κ2) is 11.7. The number of fused-ring (bicyclic) bond motifs is 1. The van der Waals surface area contributed by atoms with Gasteiger partial charge in [-0.05, 0) is 66.7 Å². The monoisotopic (exact) mass is 437 g/mol. The largest absolute Gasteiger partial charge is 0.347 e. The zero-order chi connectivity index (χ0) is 23.8. The van der Waals surface area contributed by atoms with Gasteiger partial charge in [0, 0.05) is 29.2 Å². The summed E-state index contributed by atoms with van der Waals surface area (Å²) in [5.74, 6) is 0. The normalized spacial score (nSPS) is 12.7. The number of nitrogens with zero attached hydrogens (tertiary/aromatic N) is 1. The number of unbranched alkanes of at least 4 members (excludes halogenated alkanes) is 4. The predicted octanol–water partition coefficient (Wildman–Crippen LogP) is 9.54. The van der Waals surface area contributed by atoms with Gasteiger partial charge in [-0.1, -0.05) is 100 Å². The summed E-state index contributed by atoms with van der Waals surface area (Å²) >= 11 is 0. The molecular formula is C32H39N. The average molecular weight is 438 g/mol. The van der Waals surface area contributed by atoms with Crippen LogP contribution in [0.4, 0.5) is 0 Å². The van der Waals surface area contributed by atoms with Crippen molar-refractivity contribution in [3.63, 3.8) is 0 Å². The molecule has 0 spiro atoms. The summed E-state index contributed by atoms with van der Waals surface area (Å²) in [5.41, 5.74) is 9.64. The molecule has 1 nitrogen and oxygen atoms in total. The third-order valence-electron chi connectivity index (χ3n) is 6.47. The maximum absolute atomic E-state index is 4.40. The van der Waals surface area contributed by atoms with Gasteiger partial charge in [-0.3, -0.25) is 0 Å². The first kappa shape index (κ1) is 24.6. The molecule has 0 radical (unpaired) electrons. The van der Waals surface area contributed by atoms with Gasteiger partial charge in [-0.2, -0.15) is 0 Å². The summed E-state index contributed by atoms with van der Waals surface area (Å²) in [6.45, 7) is 18.3. The molecule has 1 heteroatoms. The third kappa shape index (κ3) is 5.47. The first-order chi connectivity index (χ1) is 16.0. The van der Waals surface area contributed by atoms with Crippen LogP contribution in [0.3, 0.4) is 0 Å². The molecule has 1 heterocycles. The number of allylic oxidation sites excluding steroid dienone is 6. The number of benzene rings is 2. The Balaban J connectivity index is 2.15. The number of hydrogen-bond acceptors (Lipinski definition) is 0. The van der Waals surface area contributed by atoms with E-state index in [1.807, 2.05) is 6.08 Å². The Morgan fingerprint density at radius 1 is 0.939 bits per heavy atom. The van der Waals surface area contributed by atoms with Crippen molar-refractivity contribution in [2.75, 3.05) is 0 Å². The molecule has 0 saturated heterocycles. The highest BCUT2D eigenvalue weighted by molar-refractivity contribution is 6.03. The van der Waals surface area contributed by atoms with E-state index in [4.69, 9.17) is 0 Å². The maximum atomic E-state index is 4.40. The highest BCUT2D eigenvalue weighted by Gasteiger charge is 2.19. The summed E-state index contributed by atoms with van der Waals surface area (Å²) in [7, 11) is 0. The maximum Gasteiger partial charge on any atom is 0.0486 e. The highest BCUT2D eigenvalue weighted by atomic mass is 15.0. The smallest absolute Gasteiger partial charge is 0.0486 e. The number of aromatic nitrogens is 1. The number of rotatable bonds is 11. The van der Waals surface area contributed by atoms with Crippen molar-refractivity contribution >= 4 is 22.0 Å². The Labute approximate surface area is 200 Å². The Morgan fingerprint density at radius 3 is 2.30 bits per heavy atom. The average Bonchev–Trinajstić information content (AvgIpc) is 3.17. The first-order valence-corrected chi connectivity index (χ1v) is 12.4. The van der Waals surface area contributed by atoms with Crippen molar-refractivity contribution in [3.05, 3.63) is 108 Å². The molecule has 33 heavy (non-hydrogen) atoms. The van der Waals surface area contributed by atoms with E-state index in [1.54, 1.807) is 0 Å². The number of para-hydroxylation sites is 1. The molecule has 0 N–H and O–H groups in total. The second-order valence-electron chi connectivity index (χ2n) is 8.96. The van der Waals surface area contributed by atoms with E-state index in [2.05, 4.69) is 106 Å². The Morgan fingerprint density at radius 2 is 1.64 bits per heavy atom. The Kier molecular flexibility index (Phi) is 8.72. The topological polar surface area (TPSA) is 4.93 Å². The fourth-order valence-corrected chi connectivity index (χ4v) is 4.80. The van der Waals surface area contributed by atoms with Crippen molar-refractivity contribution in [1.82, 2.24) is 4.57 Å². The van der Waals surface area contributed by atoms with E-state index in [1.165, 1.54) is 70.8 Å². The van der Waals surface area contributed by atoms with Crippen LogP contribution < -0.4 is 0 Å². The molecule has 172 valence electrons. The molecule has 0 aliphatic heterocycles. The van der Waals surface area contributed by atoms with Crippen LogP contribution in [0, 0.1) is 6.92 Å². The molecule has 0 fully saturated rings. The van der Waals surface area contributed by atoms with E-state index in [0.717, 1.165) is 17.7 Å². The van der Waals surface area contributed by atoms with E-state index in [9.17, 15) is 0 Å². The summed E-state index contributed by atoms with van der Waals surface area (Å²) in [6.07, 6.45) is 13.0. The van der Waals surface area contributed by atoms with Crippen LogP contribution in [-0.4, -0.2) is 4.57 Å². The van der Waals surface area contributed by atoms with Crippen LogP contribution in [0.25, 0.3) is 22.0 Å². The minimum Gasteiger partial charge on any atom is -0.347 e. The highest BCUT2D eigenvalue weighted by Crippen LogP contribution is 2.39. The van der Waals surface area contributed by atoms with Gasteiger partial charge in [0.05, 0.1) is 0 Å². The van der Waals surface area contributed by atoms with Crippen molar-refractivity contribution in [1.29, 1.82) is 0 Å². The van der Waals surface area contributed by atoms with Gasteiger partial charge >= 0.3 is 0 Å². The summed E-state index contributed by atoms with van der Waals surface area (Å²) in [4.78, 5) is 0. The van der Waals surface area contributed by atoms with E-state index in [0.29, 0.717) is 0 Å². The van der Waals surface area contributed by atoms with Crippen molar-refractivity contribution in [3.8, 4) is 0 Å². The van der Waals surface area contributed by atoms with Gasteiger partial charge in [0.15, 0.2) is 0 Å². The van der Waals surface area contributed by atoms with Gasteiger partial charge in [0.1, 0.15) is 0 Å². The minimum absolute atomic E-state index is 1.05. The van der Waals surface area contributed by atoms with E-state index in [-0.39, 0.29) is 0 Å². The van der Waals surface area contributed by atoms with Gasteiger partial charge in [-0.25, -0.2) is 0 Å². The molecule has 0 atom stereocenters. The predicted molar refractivity (Wildman–Crippen MR) is 147 cm³/mol. The van der Waals surface area contributed by atoms with Crippen LogP contribution in [0.1, 0.15) is 69.6 Å². The molecule has 0 aliphatic carbocycles. The lowest BCUT2D eigenvalue weighted by atomic mass is 9.86. The fraction of sp³-hybridized carbons (Fsp3) is 0.312. The van der Waals surface area contributed by atoms with Crippen molar-refractivity contribution in [2.24, 2.45) is 0 Å². The number of aryl methyl sites for hydroxylation is 2. The molecule has 1 aromatic heterocycles. The lowest BCUT2D eigenvalue weighted by molar-refractivity contribution is 0.577. The molecule has 3 rings (SSSR count). The van der Waals surface area contributed by atoms with E-state index >= 15 is 0 Å². The fourth-order valence-electron chi connectivity index (χ4n) is 4.80. The van der Waals surface area contributed by atoms with Gasteiger partial charge in [0.2, 0.25) is 0 Å². The van der Waals surface area contributed by atoms with Crippen LogP contribution in [0.2, 0.25) is 0 Å². The Bertz CT molecular complexity index is 1180. The lowest BCUT2D eigenvalue weighted by Gasteiger charge is -2.18. The number of hydrogen-bond donors (Lipinski definition) is 0. The zero-order valence-electron chi connectivity index (χ0n) is 21.0. The van der Waals surface area contributed by atoms with Gasteiger partial charge in [-0.15, -0.1) is 0 Å². The quantitative estimate of drug-likeness (QED) is 0.208. The third-order valence-corrected chi connectivity index (χ3v) is 6.47. The van der Waals surface area contributed by atoms with Crippen molar-refractivity contribution in [2.45, 2.75) is 66.3 Å². The second-order valence-corrected chi connectivity index (χ2v) is 8.96. The molecule has 0 bridgehead atoms. The van der Waals surface area contributed by atoms with Crippen LogP contribution in [0.15, 0.2) is 91.2 Å². The van der Waals surface area contributed by atoms with Crippen LogP contribution >= 0.6 is 0 Å². The zero-order valence-corrected chi connectivity index (χ0v) is 21.0. The molecule has 0 amide bonds. The summed E-state index contributed by atoms with van der Waals surface area (Å²) in [5, 5.41) is 1.28. The van der Waals surface area contributed by atoms with E-state index < -0.39 is 0 Å². The molecule has 0 aliphatic rings. The van der Waals surface area contributed by atoms with Gasteiger partial charge in [0.25, 0.3) is 0 Å². The van der Waals surface area contributed by atoms with Crippen LogP contribution in [-0.2, 0) is 6.54 Å². The summed E-state index contributed by atoms with van der Waals surface area (Å²) < 4.78 is 2.43. The first-order valence-electron chi connectivity index (χ1n) is 12.4. The summed E-state index contributed by atoms with van der Waals surface area (Å²) in [6, 6.07) is 17.3. The lowest BCUT2D eigenvalue weighted by Crippen LogP contribution is -1.98. The molecule has 0 unspecified atom stereocenters. The molecule has 2 aromatic carbocycles. The standard InChI is InChI=1S/C32H39N/c1-7-10-11-12-17-22-33-23-30(29-20-15-16-21-31(29)33)32(24(4)5)27(9-3)26(8-2)28-19-14-13-18-25(28)6/h8-9,13-16,18-21,23H,3-4,7,10-12,17,22H2,1-2,5-6H3/b26-8-,32-27-. The Hall–Kier alpha value is -3.06. The SMILES string of the molecule is C=CC(=C(\C(=C)C)c1cn(CCCCCCC)c2ccccc12)/C(=C/C)c1ccccc1C. The minimum atomic E-state index is 1.05. The molecule has 0 saturated carbocycles. The molecule has 3 aromatic rings. The van der Waals surface area contributed by atoms with Gasteiger partial charge < -0.3 is 4.57 Å². The van der Waals surface area contributed by atoms with Crippen LogP contribution in [0.5, 0.6) is 0 Å². The van der Waals surface area contributed by atoms with Crippen molar-refractivity contribution < 1.29 is 0 Å². The molecular weight excluding hydrogens is 398 g/mol.